The molecular formula is C20H24F6N2O2. The quantitative estimate of drug-likeness (QED) is 0.675. The largest absolute Gasteiger partial charge is 0.416 e. The van der Waals surface area contributed by atoms with Crippen LogP contribution in [0.2, 0.25) is 0 Å². The first-order valence-electron chi connectivity index (χ1n) is 9.92. The molecule has 10 heteroatoms. The Morgan fingerprint density at radius 2 is 1.50 bits per heavy atom. The van der Waals surface area contributed by atoms with Gasteiger partial charge in [-0.3, -0.25) is 4.79 Å². The summed E-state index contributed by atoms with van der Waals surface area (Å²) in [5, 5.41) is 6.02. The predicted octanol–water partition coefficient (Wildman–Crippen LogP) is 4.28. The first kappa shape index (κ1) is 22.9. The van der Waals surface area contributed by atoms with Crippen molar-refractivity contribution in [3.8, 4) is 0 Å². The van der Waals surface area contributed by atoms with Gasteiger partial charge in [0, 0.05) is 37.8 Å². The lowest BCUT2D eigenvalue weighted by molar-refractivity contribution is -0.143. The molecule has 0 spiro atoms. The van der Waals surface area contributed by atoms with Gasteiger partial charge in [-0.1, -0.05) is 0 Å². The molecule has 1 amide bonds. The molecule has 168 valence electrons. The Hall–Kier alpha value is -1.81. The number of carbonyl (C=O) groups excluding carboxylic acids is 1. The summed E-state index contributed by atoms with van der Waals surface area (Å²) in [6, 6.07) is 1.87. The number of carbonyl (C=O) groups is 1. The third kappa shape index (κ3) is 6.10. The number of hydrogen-bond donors (Lipinski definition) is 2. The van der Waals surface area contributed by atoms with Crippen molar-refractivity contribution in [2.75, 3.05) is 13.2 Å². The maximum absolute atomic E-state index is 12.9. The summed E-state index contributed by atoms with van der Waals surface area (Å²) in [5.41, 5.74) is -3.01. The van der Waals surface area contributed by atoms with Gasteiger partial charge in [0.2, 0.25) is 5.91 Å². The fourth-order valence-corrected chi connectivity index (χ4v) is 4.02. The highest BCUT2D eigenvalue weighted by Crippen LogP contribution is 2.36. The van der Waals surface area contributed by atoms with Crippen LogP contribution in [0.4, 0.5) is 26.3 Å². The summed E-state index contributed by atoms with van der Waals surface area (Å²) in [5.74, 6) is -0.660. The Balaban J connectivity index is 1.57. The van der Waals surface area contributed by atoms with Gasteiger partial charge >= 0.3 is 12.4 Å². The van der Waals surface area contributed by atoms with Crippen LogP contribution in [0.1, 0.15) is 48.8 Å². The normalized spacial score (nSPS) is 23.5. The van der Waals surface area contributed by atoms with Gasteiger partial charge in [-0.05, 0) is 55.9 Å². The standard InChI is InChI=1S/C20H24F6N2O2/c21-19(22,23)14-7-12(8-15(10-14)20(24,25)26)11-27-18(29)13-1-2-17(9-13)28-16-3-5-30-6-4-16/h7-8,10,13,16-17,28H,1-6,9,11H2,(H,27,29)/t13-,17?/m0/s1. The molecule has 1 aromatic carbocycles. The van der Waals surface area contributed by atoms with Crippen LogP contribution in [-0.4, -0.2) is 31.2 Å². The number of hydrogen-bond acceptors (Lipinski definition) is 3. The molecule has 0 bridgehead atoms. The lowest BCUT2D eigenvalue weighted by Crippen LogP contribution is -2.41. The molecule has 30 heavy (non-hydrogen) atoms. The Bertz CT molecular complexity index is 712. The van der Waals surface area contributed by atoms with Crippen LogP contribution < -0.4 is 10.6 Å². The maximum Gasteiger partial charge on any atom is 0.416 e. The van der Waals surface area contributed by atoms with Crippen LogP contribution in [0, 0.1) is 5.92 Å². The van der Waals surface area contributed by atoms with Gasteiger partial charge in [-0.25, -0.2) is 0 Å². The first-order chi connectivity index (χ1) is 14.0. The lowest BCUT2D eigenvalue weighted by atomic mass is 10.0. The van der Waals surface area contributed by atoms with Crippen LogP contribution in [-0.2, 0) is 28.4 Å². The molecule has 1 heterocycles. The average molecular weight is 438 g/mol. The van der Waals surface area contributed by atoms with Crippen molar-refractivity contribution in [1.29, 1.82) is 0 Å². The van der Waals surface area contributed by atoms with Crippen molar-refractivity contribution < 1.29 is 35.9 Å². The number of benzene rings is 1. The average Bonchev–Trinajstić information content (AvgIpc) is 3.14. The Morgan fingerprint density at radius 3 is 2.07 bits per heavy atom. The molecule has 2 fully saturated rings. The molecule has 4 nitrogen and oxygen atoms in total. The van der Waals surface area contributed by atoms with E-state index in [4.69, 9.17) is 4.74 Å². The molecule has 0 radical (unpaired) electrons. The topological polar surface area (TPSA) is 50.4 Å². The smallest absolute Gasteiger partial charge is 0.381 e. The van der Waals surface area contributed by atoms with Gasteiger partial charge < -0.3 is 15.4 Å². The summed E-state index contributed by atoms with van der Waals surface area (Å²) < 4.78 is 83.0. The molecule has 1 aromatic rings. The molecule has 2 N–H and O–H groups in total. The van der Waals surface area contributed by atoms with Crippen molar-refractivity contribution in [2.24, 2.45) is 5.92 Å². The second-order valence-corrected chi connectivity index (χ2v) is 7.89. The molecule has 1 aliphatic carbocycles. The minimum absolute atomic E-state index is 0.0782. The highest BCUT2D eigenvalue weighted by molar-refractivity contribution is 5.79. The van der Waals surface area contributed by atoms with Gasteiger partial charge in [-0.2, -0.15) is 26.3 Å². The fourth-order valence-electron chi connectivity index (χ4n) is 4.02. The van der Waals surface area contributed by atoms with E-state index < -0.39 is 23.5 Å². The number of alkyl halides is 6. The fraction of sp³-hybridized carbons (Fsp3) is 0.650. The van der Waals surface area contributed by atoms with E-state index in [0.29, 0.717) is 44.2 Å². The molecule has 3 rings (SSSR count). The molecule has 0 aromatic heterocycles. The van der Waals surface area contributed by atoms with Gasteiger partial charge in [0.25, 0.3) is 0 Å². The summed E-state index contributed by atoms with van der Waals surface area (Å²) in [4.78, 5) is 12.4. The summed E-state index contributed by atoms with van der Waals surface area (Å²) in [7, 11) is 0. The van der Waals surface area contributed by atoms with Crippen LogP contribution >= 0.6 is 0 Å². The van der Waals surface area contributed by atoms with E-state index in [1.165, 1.54) is 0 Å². The van der Waals surface area contributed by atoms with E-state index >= 15 is 0 Å². The number of ether oxygens (including phenoxy) is 1. The molecular weight excluding hydrogens is 414 g/mol. The Morgan fingerprint density at radius 1 is 0.900 bits per heavy atom. The predicted molar refractivity (Wildman–Crippen MR) is 96.4 cm³/mol. The Labute approximate surface area is 170 Å². The van der Waals surface area contributed by atoms with Crippen molar-refractivity contribution in [1.82, 2.24) is 10.6 Å². The van der Waals surface area contributed by atoms with Gasteiger partial charge in [0.1, 0.15) is 0 Å². The number of rotatable bonds is 5. The van der Waals surface area contributed by atoms with Crippen LogP contribution in [0.15, 0.2) is 18.2 Å². The number of halogens is 6. The van der Waals surface area contributed by atoms with Crippen molar-refractivity contribution >= 4 is 5.91 Å². The van der Waals surface area contributed by atoms with Gasteiger partial charge in [0.05, 0.1) is 11.1 Å². The van der Waals surface area contributed by atoms with E-state index in [1.807, 2.05) is 0 Å². The number of amides is 1. The molecule has 1 unspecified atom stereocenters. The van der Waals surface area contributed by atoms with E-state index in [1.54, 1.807) is 0 Å². The van der Waals surface area contributed by atoms with E-state index in [2.05, 4.69) is 10.6 Å². The van der Waals surface area contributed by atoms with Gasteiger partial charge in [-0.15, -0.1) is 0 Å². The van der Waals surface area contributed by atoms with Crippen molar-refractivity contribution in [2.45, 2.75) is 63.1 Å². The highest BCUT2D eigenvalue weighted by atomic mass is 19.4. The van der Waals surface area contributed by atoms with Crippen LogP contribution in [0.5, 0.6) is 0 Å². The minimum atomic E-state index is -4.91. The minimum Gasteiger partial charge on any atom is -0.381 e. The third-order valence-electron chi connectivity index (χ3n) is 5.61. The Kier molecular flexibility index (Phi) is 6.96. The molecule has 2 aliphatic rings. The summed E-state index contributed by atoms with van der Waals surface area (Å²) >= 11 is 0. The zero-order valence-corrected chi connectivity index (χ0v) is 16.2. The van der Waals surface area contributed by atoms with Crippen LogP contribution in [0.25, 0.3) is 0 Å². The first-order valence-corrected chi connectivity index (χ1v) is 9.92. The molecule has 1 saturated carbocycles. The van der Waals surface area contributed by atoms with E-state index in [9.17, 15) is 31.1 Å². The summed E-state index contributed by atoms with van der Waals surface area (Å²) in [6.45, 7) is 1.01. The zero-order valence-electron chi connectivity index (χ0n) is 16.2. The SMILES string of the molecule is O=C(NCc1cc(C(F)(F)F)cc(C(F)(F)F)c1)[C@H]1CCC(NC2CCOCC2)C1. The zero-order chi connectivity index (χ0) is 21.9. The van der Waals surface area contributed by atoms with Crippen molar-refractivity contribution in [3.63, 3.8) is 0 Å². The molecule has 2 atom stereocenters. The van der Waals surface area contributed by atoms with E-state index in [0.717, 1.165) is 19.3 Å². The maximum atomic E-state index is 12.9. The molecule has 1 aliphatic heterocycles. The third-order valence-corrected chi connectivity index (χ3v) is 5.61. The second-order valence-electron chi connectivity index (χ2n) is 7.89. The number of nitrogens with one attached hydrogen (secondary N) is 2. The molecule has 1 saturated heterocycles. The van der Waals surface area contributed by atoms with Crippen molar-refractivity contribution in [3.05, 3.63) is 34.9 Å². The van der Waals surface area contributed by atoms with E-state index in [-0.39, 0.29) is 36.0 Å². The van der Waals surface area contributed by atoms with Gasteiger partial charge in [0.15, 0.2) is 0 Å². The van der Waals surface area contributed by atoms with Crippen LogP contribution in [0.3, 0.4) is 0 Å². The highest BCUT2D eigenvalue weighted by Gasteiger charge is 2.37. The lowest BCUT2D eigenvalue weighted by Gasteiger charge is -2.26. The second kappa shape index (κ2) is 9.13. The summed E-state index contributed by atoms with van der Waals surface area (Å²) in [6.07, 6.45) is -5.97. The monoisotopic (exact) mass is 438 g/mol.